The molecule has 0 aliphatic carbocycles. The summed E-state index contributed by atoms with van der Waals surface area (Å²) >= 11 is 0. The standard InChI is InChI=1S/C14H15NO7/c16-9(12-10(17)11(18)13(19)22-12)6-15-14(20)21-7-8-4-2-1-3-5-8/h1-5,9,12,16-18H,6-7H2,(H,15,20)/t9-,12+/m0/s1. The maximum absolute atomic E-state index is 11.5. The molecule has 8 heteroatoms. The summed E-state index contributed by atoms with van der Waals surface area (Å²) in [7, 11) is 0. The monoisotopic (exact) mass is 309 g/mol. The third-order valence-corrected chi connectivity index (χ3v) is 2.96. The van der Waals surface area contributed by atoms with Gasteiger partial charge in [0.15, 0.2) is 11.9 Å². The van der Waals surface area contributed by atoms with Crippen molar-refractivity contribution in [3.05, 3.63) is 47.4 Å². The molecule has 118 valence electrons. The van der Waals surface area contributed by atoms with Crippen LogP contribution in [-0.2, 0) is 20.9 Å². The number of alkyl carbamates (subject to hydrolysis) is 1. The smallest absolute Gasteiger partial charge is 0.407 e. The second-order valence-corrected chi connectivity index (χ2v) is 4.57. The SMILES string of the molecule is O=C(NC[C@H](O)[C@H]1OC(=O)C(O)=C1O)OCc1ccccc1. The molecule has 0 fully saturated rings. The van der Waals surface area contributed by atoms with Gasteiger partial charge in [-0.25, -0.2) is 9.59 Å². The number of benzene rings is 1. The molecule has 0 spiro atoms. The summed E-state index contributed by atoms with van der Waals surface area (Å²) in [4.78, 5) is 22.5. The van der Waals surface area contributed by atoms with Crippen LogP contribution in [0.15, 0.2) is 41.9 Å². The molecule has 2 rings (SSSR count). The summed E-state index contributed by atoms with van der Waals surface area (Å²) in [5.74, 6) is -2.85. The lowest BCUT2D eigenvalue weighted by molar-refractivity contribution is -0.146. The van der Waals surface area contributed by atoms with Gasteiger partial charge in [-0.1, -0.05) is 30.3 Å². The van der Waals surface area contributed by atoms with Crippen LogP contribution in [-0.4, -0.2) is 46.1 Å². The molecule has 0 saturated heterocycles. The zero-order valence-electron chi connectivity index (χ0n) is 11.4. The van der Waals surface area contributed by atoms with Gasteiger partial charge in [0.05, 0.1) is 6.54 Å². The normalized spacial score (nSPS) is 18.8. The van der Waals surface area contributed by atoms with E-state index in [2.05, 4.69) is 10.1 Å². The number of carbonyl (C=O) groups excluding carboxylic acids is 2. The number of carbonyl (C=O) groups is 2. The summed E-state index contributed by atoms with van der Waals surface area (Å²) in [6.45, 7) is -0.268. The van der Waals surface area contributed by atoms with Crippen molar-refractivity contribution in [2.75, 3.05) is 6.54 Å². The van der Waals surface area contributed by atoms with Gasteiger partial charge in [-0.15, -0.1) is 0 Å². The van der Waals surface area contributed by atoms with Crippen molar-refractivity contribution in [3.8, 4) is 0 Å². The zero-order valence-corrected chi connectivity index (χ0v) is 11.4. The van der Waals surface area contributed by atoms with E-state index in [1.165, 1.54) is 0 Å². The van der Waals surface area contributed by atoms with Gasteiger partial charge in [-0.05, 0) is 5.56 Å². The predicted molar refractivity (Wildman–Crippen MR) is 72.8 cm³/mol. The minimum atomic E-state index is -1.42. The van der Waals surface area contributed by atoms with E-state index in [0.29, 0.717) is 0 Å². The average molecular weight is 309 g/mol. The van der Waals surface area contributed by atoms with Crippen LogP contribution in [0.1, 0.15) is 5.56 Å². The molecular weight excluding hydrogens is 294 g/mol. The average Bonchev–Trinajstić information content (AvgIpc) is 2.79. The topological polar surface area (TPSA) is 125 Å². The quantitative estimate of drug-likeness (QED) is 0.584. The third-order valence-electron chi connectivity index (χ3n) is 2.96. The van der Waals surface area contributed by atoms with Gasteiger partial charge in [0.1, 0.15) is 12.7 Å². The van der Waals surface area contributed by atoms with E-state index in [0.717, 1.165) is 5.56 Å². The fourth-order valence-electron chi connectivity index (χ4n) is 1.80. The fourth-order valence-corrected chi connectivity index (χ4v) is 1.80. The molecule has 1 aliphatic heterocycles. The Morgan fingerprint density at radius 3 is 2.59 bits per heavy atom. The maximum atomic E-state index is 11.5. The second-order valence-electron chi connectivity index (χ2n) is 4.57. The van der Waals surface area contributed by atoms with Gasteiger partial charge in [0.2, 0.25) is 5.76 Å². The van der Waals surface area contributed by atoms with Gasteiger partial charge in [0.25, 0.3) is 0 Å². The second kappa shape index (κ2) is 6.81. The largest absolute Gasteiger partial charge is 0.505 e. The van der Waals surface area contributed by atoms with E-state index in [9.17, 15) is 19.8 Å². The number of ether oxygens (including phenoxy) is 2. The summed E-state index contributed by atoms with van der Waals surface area (Å²) in [6, 6.07) is 9.00. The van der Waals surface area contributed by atoms with Gasteiger partial charge in [0, 0.05) is 0 Å². The lowest BCUT2D eigenvalue weighted by atomic mass is 10.1. The Morgan fingerprint density at radius 1 is 1.32 bits per heavy atom. The van der Waals surface area contributed by atoms with Gasteiger partial charge in [-0.3, -0.25) is 0 Å². The molecule has 0 aromatic heterocycles. The first kappa shape index (κ1) is 15.6. The van der Waals surface area contributed by atoms with Crippen LogP contribution < -0.4 is 5.32 Å². The van der Waals surface area contributed by atoms with Crippen molar-refractivity contribution in [3.63, 3.8) is 0 Å². The summed E-state index contributed by atoms with van der Waals surface area (Å²) in [5.41, 5.74) is 0.799. The molecule has 0 radical (unpaired) electrons. The molecule has 8 nitrogen and oxygen atoms in total. The number of aliphatic hydroxyl groups is 3. The van der Waals surface area contributed by atoms with Gasteiger partial charge >= 0.3 is 12.1 Å². The third kappa shape index (κ3) is 3.67. The molecule has 4 N–H and O–H groups in total. The number of hydrogen-bond acceptors (Lipinski definition) is 7. The van der Waals surface area contributed by atoms with Gasteiger partial charge in [-0.2, -0.15) is 0 Å². The highest BCUT2D eigenvalue weighted by molar-refractivity contribution is 5.89. The Bertz CT molecular complexity index is 584. The fraction of sp³-hybridized carbons (Fsp3) is 0.286. The molecule has 2 atom stereocenters. The maximum Gasteiger partial charge on any atom is 0.407 e. The Morgan fingerprint density at radius 2 is 2.00 bits per heavy atom. The Balaban J connectivity index is 1.76. The van der Waals surface area contributed by atoms with E-state index in [1.807, 2.05) is 6.07 Å². The van der Waals surface area contributed by atoms with Crippen molar-refractivity contribution < 1.29 is 34.4 Å². The van der Waals surface area contributed by atoms with E-state index in [-0.39, 0.29) is 13.2 Å². The first-order valence-corrected chi connectivity index (χ1v) is 6.44. The summed E-state index contributed by atoms with van der Waals surface area (Å²) < 4.78 is 9.47. The minimum Gasteiger partial charge on any atom is -0.505 e. The minimum absolute atomic E-state index is 0.0626. The number of aliphatic hydroxyl groups excluding tert-OH is 3. The Kier molecular flexibility index (Phi) is 4.84. The lowest BCUT2D eigenvalue weighted by Crippen LogP contribution is -2.40. The molecule has 1 aromatic rings. The molecule has 0 bridgehead atoms. The number of hydrogen-bond donors (Lipinski definition) is 4. The summed E-state index contributed by atoms with van der Waals surface area (Å²) in [5, 5.41) is 30.5. The number of amides is 1. The van der Waals surface area contributed by atoms with E-state index in [1.54, 1.807) is 24.3 Å². The van der Waals surface area contributed by atoms with Crippen LogP contribution in [0.5, 0.6) is 0 Å². The number of esters is 1. The van der Waals surface area contributed by atoms with Crippen molar-refractivity contribution in [1.29, 1.82) is 0 Å². The van der Waals surface area contributed by atoms with Crippen LogP contribution >= 0.6 is 0 Å². The molecule has 1 aliphatic rings. The number of rotatable bonds is 5. The van der Waals surface area contributed by atoms with E-state index < -0.39 is 35.8 Å². The zero-order chi connectivity index (χ0) is 16.1. The Labute approximate surface area is 125 Å². The van der Waals surface area contributed by atoms with Crippen LogP contribution in [0.2, 0.25) is 0 Å². The van der Waals surface area contributed by atoms with E-state index >= 15 is 0 Å². The predicted octanol–water partition coefficient (Wildman–Crippen LogP) is 0.527. The van der Waals surface area contributed by atoms with Crippen LogP contribution in [0, 0.1) is 0 Å². The van der Waals surface area contributed by atoms with Crippen molar-refractivity contribution in [1.82, 2.24) is 5.32 Å². The molecule has 0 saturated carbocycles. The first-order chi connectivity index (χ1) is 10.5. The lowest BCUT2D eigenvalue weighted by Gasteiger charge is -2.17. The first-order valence-electron chi connectivity index (χ1n) is 6.44. The van der Waals surface area contributed by atoms with Crippen molar-refractivity contribution in [2.24, 2.45) is 0 Å². The molecule has 1 amide bonds. The molecule has 1 aromatic carbocycles. The van der Waals surface area contributed by atoms with Crippen molar-refractivity contribution >= 4 is 12.1 Å². The van der Waals surface area contributed by atoms with Crippen LogP contribution in [0.25, 0.3) is 0 Å². The highest BCUT2D eigenvalue weighted by Crippen LogP contribution is 2.21. The molecule has 1 heterocycles. The molecular formula is C14H15NO7. The highest BCUT2D eigenvalue weighted by Gasteiger charge is 2.39. The molecule has 22 heavy (non-hydrogen) atoms. The van der Waals surface area contributed by atoms with Crippen LogP contribution in [0.3, 0.4) is 0 Å². The highest BCUT2D eigenvalue weighted by atomic mass is 16.6. The van der Waals surface area contributed by atoms with Gasteiger partial charge < -0.3 is 30.1 Å². The number of cyclic esters (lactones) is 1. The summed E-state index contributed by atoms with van der Waals surface area (Å²) in [6.07, 6.45) is -3.61. The Hall–Kier alpha value is -2.74. The van der Waals surface area contributed by atoms with Crippen molar-refractivity contribution in [2.45, 2.75) is 18.8 Å². The van der Waals surface area contributed by atoms with Crippen LogP contribution in [0.4, 0.5) is 4.79 Å². The molecule has 0 unspecified atom stereocenters. The number of nitrogens with one attached hydrogen (secondary N) is 1. The van der Waals surface area contributed by atoms with E-state index in [4.69, 9.17) is 9.84 Å².